The van der Waals surface area contributed by atoms with E-state index in [0.717, 1.165) is 0 Å². The topological polar surface area (TPSA) is 72.5 Å². The van der Waals surface area contributed by atoms with Gasteiger partial charge in [-0.05, 0) is 26.0 Å². The van der Waals surface area contributed by atoms with Crippen molar-refractivity contribution in [3.05, 3.63) is 27.2 Å². The van der Waals surface area contributed by atoms with Gasteiger partial charge in [0.15, 0.2) is 0 Å². The van der Waals surface area contributed by atoms with Crippen molar-refractivity contribution >= 4 is 45.9 Å². The summed E-state index contributed by atoms with van der Waals surface area (Å²) in [6.07, 6.45) is 0. The molecule has 0 aromatic heterocycles. The molecule has 0 aliphatic carbocycles. The molecule has 4 nitrogen and oxygen atoms in total. The minimum Gasteiger partial charge on any atom is -0.506 e. The smallest absolute Gasteiger partial charge is 0.313 e. The second-order valence-corrected chi connectivity index (χ2v) is 5.74. The van der Waals surface area contributed by atoms with E-state index in [0.29, 0.717) is 10.0 Å². The number of halogens is 3. The zero-order valence-corrected chi connectivity index (χ0v) is 13.9. The van der Waals surface area contributed by atoms with Gasteiger partial charge in [0.2, 0.25) is 0 Å². The number of aromatic hydroxyl groups is 1. The highest BCUT2D eigenvalue weighted by Gasteiger charge is 2.39. The number of phenols is 1. The maximum absolute atomic E-state index is 11.7. The van der Waals surface area contributed by atoms with Crippen LogP contribution in [0.5, 0.6) is 5.75 Å². The van der Waals surface area contributed by atoms with Crippen molar-refractivity contribution in [1.82, 2.24) is 0 Å². The van der Waals surface area contributed by atoms with Gasteiger partial charge in [-0.25, -0.2) is 0 Å². The Bertz CT molecular complexity index is 480. The molecule has 0 bridgehead atoms. The van der Waals surface area contributed by atoms with E-state index in [4.69, 9.17) is 22.1 Å². The lowest BCUT2D eigenvalue weighted by Gasteiger charge is -2.30. The van der Waals surface area contributed by atoms with Crippen LogP contribution in [0.15, 0.2) is 16.6 Å². The third kappa shape index (κ3) is 3.54. The van der Waals surface area contributed by atoms with Crippen molar-refractivity contribution in [1.29, 1.82) is 0 Å². The quantitative estimate of drug-likeness (QED) is 0.797. The van der Waals surface area contributed by atoms with Crippen molar-refractivity contribution in [3.8, 4) is 5.75 Å². The molecule has 108 valence electrons. The predicted molar refractivity (Wildman–Crippen MR) is 80.8 cm³/mol. The number of phenolic OH excluding ortho intramolecular Hbond substituents is 1. The molecule has 1 aromatic rings. The van der Waals surface area contributed by atoms with E-state index in [9.17, 15) is 9.90 Å². The van der Waals surface area contributed by atoms with Crippen LogP contribution in [0, 0.1) is 5.41 Å². The zero-order chi connectivity index (χ0) is 14.1. The number of benzene rings is 1. The van der Waals surface area contributed by atoms with Gasteiger partial charge >= 0.3 is 5.97 Å². The molecule has 1 atom stereocenters. The monoisotopic (exact) mass is 371 g/mol. The van der Waals surface area contributed by atoms with Gasteiger partial charge in [0.1, 0.15) is 5.75 Å². The Morgan fingerprint density at radius 3 is 2.53 bits per heavy atom. The van der Waals surface area contributed by atoms with Gasteiger partial charge in [-0.2, -0.15) is 0 Å². The highest BCUT2D eigenvalue weighted by molar-refractivity contribution is 9.10. The molecule has 0 saturated heterocycles. The maximum Gasteiger partial charge on any atom is 0.313 e. The Balaban J connectivity index is 0.00000324. The molecule has 0 saturated carbocycles. The van der Waals surface area contributed by atoms with Crippen molar-refractivity contribution in [2.45, 2.75) is 19.9 Å². The fourth-order valence-electron chi connectivity index (χ4n) is 1.60. The molecule has 3 N–H and O–H groups in total. The van der Waals surface area contributed by atoms with Gasteiger partial charge in [0, 0.05) is 10.0 Å². The third-order valence-electron chi connectivity index (χ3n) is 2.91. The van der Waals surface area contributed by atoms with Crippen LogP contribution in [-0.4, -0.2) is 18.2 Å². The van der Waals surface area contributed by atoms with Crippen molar-refractivity contribution in [2.24, 2.45) is 11.1 Å². The predicted octanol–water partition coefficient (Wildman–Crippen LogP) is 3.43. The fraction of sp³-hybridized carbons (Fsp3) is 0.417. The third-order valence-corrected chi connectivity index (χ3v) is 3.91. The Kier molecular flexibility index (Phi) is 6.62. The summed E-state index contributed by atoms with van der Waals surface area (Å²) in [6.45, 7) is 3.30. The summed E-state index contributed by atoms with van der Waals surface area (Å²) in [4.78, 5) is 11.7. The zero-order valence-electron chi connectivity index (χ0n) is 10.7. The molecule has 0 radical (unpaired) electrons. The van der Waals surface area contributed by atoms with E-state index in [1.807, 2.05) is 0 Å². The first kappa shape index (κ1) is 18.5. The minimum absolute atomic E-state index is 0. The second-order valence-electron chi connectivity index (χ2n) is 4.48. The Hall–Kier alpha value is -0.490. The summed E-state index contributed by atoms with van der Waals surface area (Å²) >= 11 is 9.15. The van der Waals surface area contributed by atoms with Crippen LogP contribution in [0.25, 0.3) is 0 Å². The highest BCUT2D eigenvalue weighted by Crippen LogP contribution is 2.43. The van der Waals surface area contributed by atoms with E-state index in [1.165, 1.54) is 7.11 Å². The Morgan fingerprint density at radius 2 is 2.05 bits per heavy atom. The second kappa shape index (κ2) is 6.79. The first-order chi connectivity index (χ1) is 8.23. The minimum atomic E-state index is -0.987. The summed E-state index contributed by atoms with van der Waals surface area (Å²) in [6, 6.07) is 2.46. The maximum atomic E-state index is 11.7. The first-order valence-electron chi connectivity index (χ1n) is 5.24. The molecule has 1 aromatic carbocycles. The van der Waals surface area contributed by atoms with Gasteiger partial charge < -0.3 is 15.6 Å². The van der Waals surface area contributed by atoms with E-state index < -0.39 is 17.4 Å². The SMILES string of the molecule is COC(=O)C(C)(C)[C@H](N)c1c(Br)ccc(Cl)c1O.Cl. The van der Waals surface area contributed by atoms with E-state index in [-0.39, 0.29) is 23.2 Å². The van der Waals surface area contributed by atoms with Gasteiger partial charge in [-0.1, -0.05) is 27.5 Å². The number of nitrogens with two attached hydrogens (primary N) is 1. The summed E-state index contributed by atoms with van der Waals surface area (Å²) in [5.74, 6) is -0.586. The van der Waals surface area contributed by atoms with E-state index >= 15 is 0 Å². The molecule has 7 heteroatoms. The van der Waals surface area contributed by atoms with Crippen LogP contribution in [0.1, 0.15) is 25.5 Å². The first-order valence-corrected chi connectivity index (χ1v) is 6.41. The molecule has 0 spiro atoms. The average molecular weight is 373 g/mol. The number of carbonyl (C=O) groups excluding carboxylic acids is 1. The molecule has 0 heterocycles. The molecule has 0 unspecified atom stereocenters. The molecule has 0 aliphatic heterocycles. The number of hydrogen-bond donors (Lipinski definition) is 2. The number of esters is 1. The van der Waals surface area contributed by atoms with Crippen LogP contribution < -0.4 is 5.73 Å². The van der Waals surface area contributed by atoms with Crippen molar-refractivity contribution in [3.63, 3.8) is 0 Å². The normalized spacial score (nSPS) is 12.5. The number of methoxy groups -OCH3 is 1. The summed E-state index contributed by atoms with van der Waals surface area (Å²) in [5, 5.41) is 10.2. The lowest BCUT2D eigenvalue weighted by molar-refractivity contribution is -0.152. The number of rotatable bonds is 3. The number of hydrogen-bond acceptors (Lipinski definition) is 4. The van der Waals surface area contributed by atoms with Gasteiger partial charge in [-0.3, -0.25) is 4.79 Å². The van der Waals surface area contributed by atoms with Crippen LogP contribution in [0.4, 0.5) is 0 Å². The molecule has 0 aliphatic rings. The van der Waals surface area contributed by atoms with Crippen LogP contribution in [0.2, 0.25) is 5.02 Å². The lowest BCUT2D eigenvalue weighted by Crippen LogP contribution is -2.37. The molecule has 0 fully saturated rings. The van der Waals surface area contributed by atoms with Gasteiger partial charge in [0.25, 0.3) is 0 Å². The Labute approximate surface area is 131 Å². The Morgan fingerprint density at radius 1 is 1.53 bits per heavy atom. The molecular weight excluding hydrogens is 357 g/mol. The van der Waals surface area contributed by atoms with E-state index in [1.54, 1.807) is 26.0 Å². The van der Waals surface area contributed by atoms with Crippen LogP contribution in [-0.2, 0) is 9.53 Å². The molecule has 1 rings (SSSR count). The van der Waals surface area contributed by atoms with Gasteiger partial charge in [0.05, 0.1) is 23.6 Å². The average Bonchev–Trinajstić information content (AvgIpc) is 2.33. The summed E-state index contributed by atoms with van der Waals surface area (Å²) in [5.41, 5.74) is 5.47. The van der Waals surface area contributed by atoms with Crippen molar-refractivity contribution < 1.29 is 14.6 Å². The molecular formula is C12H16BrCl2NO3. The van der Waals surface area contributed by atoms with E-state index in [2.05, 4.69) is 15.9 Å². The standard InChI is InChI=1S/C12H15BrClNO3.ClH/c1-12(2,11(17)18-3)10(15)8-6(13)4-5-7(14)9(8)16;/h4-5,10,16H,15H2,1-3H3;1H/t10-;/m1./s1. The summed E-state index contributed by atoms with van der Waals surface area (Å²) < 4.78 is 5.31. The summed E-state index contributed by atoms with van der Waals surface area (Å²) in [7, 11) is 1.30. The number of ether oxygens (including phenoxy) is 1. The lowest BCUT2D eigenvalue weighted by atomic mass is 9.80. The molecule has 0 amide bonds. The number of carbonyl (C=O) groups is 1. The van der Waals surface area contributed by atoms with Crippen LogP contribution in [0.3, 0.4) is 0 Å². The molecule has 19 heavy (non-hydrogen) atoms. The van der Waals surface area contributed by atoms with Gasteiger partial charge in [-0.15, -0.1) is 12.4 Å². The fourth-order valence-corrected chi connectivity index (χ4v) is 2.33. The highest BCUT2D eigenvalue weighted by atomic mass is 79.9. The largest absolute Gasteiger partial charge is 0.506 e. The van der Waals surface area contributed by atoms with Crippen molar-refractivity contribution in [2.75, 3.05) is 7.11 Å². The van der Waals surface area contributed by atoms with Crippen LogP contribution >= 0.6 is 39.9 Å².